The predicted octanol–water partition coefficient (Wildman–Crippen LogP) is 3.42. The third kappa shape index (κ3) is 6.53. The molecule has 2 rings (SSSR count). The molecule has 0 radical (unpaired) electrons. The molecule has 0 bridgehead atoms. The number of anilines is 3. The summed E-state index contributed by atoms with van der Waals surface area (Å²) < 4.78 is 26.4. The van der Waals surface area contributed by atoms with Gasteiger partial charge in [-0.05, 0) is 48.9 Å². The Morgan fingerprint density at radius 1 is 0.871 bits per heavy atom. The summed E-state index contributed by atoms with van der Waals surface area (Å²) in [6.45, 7) is 8.07. The lowest BCUT2D eigenvalue weighted by Gasteiger charge is -2.18. The van der Waals surface area contributed by atoms with Crippen LogP contribution in [0, 0.1) is 6.92 Å². The van der Waals surface area contributed by atoms with Crippen LogP contribution in [0.5, 0.6) is 0 Å². The van der Waals surface area contributed by atoms with Gasteiger partial charge in [-0.1, -0.05) is 26.8 Å². The number of rotatable bonds is 10. The Labute approximate surface area is 184 Å². The molecule has 9 heteroatoms. The molecule has 2 aromatic carbocycles. The van der Waals surface area contributed by atoms with Gasteiger partial charge in [0, 0.05) is 36.6 Å². The van der Waals surface area contributed by atoms with Crippen LogP contribution < -0.4 is 16.0 Å². The van der Waals surface area contributed by atoms with Crippen molar-refractivity contribution in [3.63, 3.8) is 0 Å². The van der Waals surface area contributed by atoms with Crippen molar-refractivity contribution in [1.82, 2.24) is 4.31 Å². The number of hydrogen-bond acceptors (Lipinski definition) is 5. The van der Waals surface area contributed by atoms with E-state index in [2.05, 4.69) is 16.0 Å². The molecule has 0 aliphatic carbocycles. The number of benzene rings is 2. The predicted molar refractivity (Wildman–Crippen MR) is 124 cm³/mol. The zero-order valence-corrected chi connectivity index (χ0v) is 19.2. The monoisotopic (exact) mass is 446 g/mol. The summed E-state index contributed by atoms with van der Waals surface area (Å²) in [5.41, 5.74) is 2.84. The van der Waals surface area contributed by atoms with E-state index >= 15 is 0 Å². The Balaban J connectivity index is 1.99. The first-order chi connectivity index (χ1) is 14.7. The topological polar surface area (TPSA) is 108 Å². The smallest absolute Gasteiger partial charge is 0.243 e. The molecule has 168 valence electrons. The van der Waals surface area contributed by atoms with Crippen molar-refractivity contribution >= 4 is 38.9 Å². The van der Waals surface area contributed by atoms with Gasteiger partial charge in [-0.25, -0.2) is 8.42 Å². The van der Waals surface area contributed by atoms with Gasteiger partial charge in [0.1, 0.15) is 0 Å². The number of amides is 2. The second kappa shape index (κ2) is 10.9. The van der Waals surface area contributed by atoms with Crippen LogP contribution in [0.15, 0.2) is 47.4 Å². The lowest BCUT2D eigenvalue weighted by Crippen LogP contribution is -2.30. The third-order valence-corrected chi connectivity index (χ3v) is 6.83. The van der Waals surface area contributed by atoms with Crippen LogP contribution in [0.2, 0.25) is 0 Å². The Morgan fingerprint density at radius 3 is 2.03 bits per heavy atom. The Hall–Kier alpha value is -2.91. The lowest BCUT2D eigenvalue weighted by atomic mass is 10.1. The van der Waals surface area contributed by atoms with Gasteiger partial charge in [0.2, 0.25) is 21.8 Å². The van der Waals surface area contributed by atoms with E-state index in [0.29, 0.717) is 30.9 Å². The molecule has 31 heavy (non-hydrogen) atoms. The van der Waals surface area contributed by atoms with Gasteiger partial charge < -0.3 is 16.0 Å². The molecule has 0 saturated carbocycles. The second-order valence-electron chi connectivity index (χ2n) is 6.95. The SMILES string of the molecule is CCC(=O)Nc1ccc(C)c(NCC(=O)Nc2ccc(S(=O)(=O)N(CC)CC)cc2)c1. The molecule has 0 fully saturated rings. The van der Waals surface area contributed by atoms with Gasteiger partial charge >= 0.3 is 0 Å². The Bertz CT molecular complexity index is 1020. The summed E-state index contributed by atoms with van der Waals surface area (Å²) in [4.78, 5) is 24.1. The second-order valence-corrected chi connectivity index (χ2v) is 8.88. The van der Waals surface area contributed by atoms with Crippen LogP contribution in [-0.4, -0.2) is 44.2 Å². The van der Waals surface area contributed by atoms with E-state index < -0.39 is 10.0 Å². The fourth-order valence-corrected chi connectivity index (χ4v) is 4.40. The van der Waals surface area contributed by atoms with Crippen LogP contribution in [0.3, 0.4) is 0 Å². The lowest BCUT2D eigenvalue weighted by molar-refractivity contribution is -0.116. The number of aryl methyl sites for hydroxylation is 1. The average Bonchev–Trinajstić information content (AvgIpc) is 2.75. The first-order valence-corrected chi connectivity index (χ1v) is 11.7. The summed E-state index contributed by atoms with van der Waals surface area (Å²) in [5.74, 6) is -0.360. The zero-order chi connectivity index (χ0) is 23.0. The van der Waals surface area contributed by atoms with Gasteiger partial charge in [0.15, 0.2) is 0 Å². The molecule has 8 nitrogen and oxygen atoms in total. The number of carbonyl (C=O) groups is 2. The van der Waals surface area contributed by atoms with Crippen LogP contribution >= 0.6 is 0 Å². The van der Waals surface area contributed by atoms with E-state index in [1.54, 1.807) is 39.0 Å². The molecule has 0 aliphatic heterocycles. The molecular weight excluding hydrogens is 416 g/mol. The molecule has 2 amide bonds. The van der Waals surface area contributed by atoms with Crippen molar-refractivity contribution in [2.75, 3.05) is 35.6 Å². The fraction of sp³-hybridized carbons (Fsp3) is 0.364. The fourth-order valence-electron chi connectivity index (χ4n) is 2.94. The maximum atomic E-state index is 12.5. The number of hydrogen-bond donors (Lipinski definition) is 3. The molecule has 0 unspecified atom stereocenters. The minimum Gasteiger partial charge on any atom is -0.376 e. The number of nitrogens with zero attached hydrogens (tertiary/aromatic N) is 1. The third-order valence-electron chi connectivity index (χ3n) is 4.76. The number of nitrogens with one attached hydrogen (secondary N) is 3. The van der Waals surface area contributed by atoms with Crippen LogP contribution in [0.25, 0.3) is 0 Å². The van der Waals surface area contributed by atoms with Gasteiger partial charge in [0.25, 0.3) is 0 Å². The quantitative estimate of drug-likeness (QED) is 0.518. The van der Waals surface area contributed by atoms with Gasteiger partial charge in [-0.2, -0.15) is 4.31 Å². The highest BCUT2D eigenvalue weighted by Crippen LogP contribution is 2.21. The maximum absolute atomic E-state index is 12.5. The van der Waals surface area contributed by atoms with Gasteiger partial charge in [-0.15, -0.1) is 0 Å². The maximum Gasteiger partial charge on any atom is 0.243 e. The number of carbonyl (C=O) groups excluding carboxylic acids is 2. The van der Waals surface area contributed by atoms with E-state index in [9.17, 15) is 18.0 Å². The molecule has 0 aliphatic rings. The highest BCUT2D eigenvalue weighted by atomic mass is 32.2. The van der Waals surface area contributed by atoms with E-state index in [1.807, 2.05) is 19.1 Å². The summed E-state index contributed by atoms with van der Waals surface area (Å²) >= 11 is 0. The highest BCUT2D eigenvalue weighted by molar-refractivity contribution is 7.89. The summed E-state index contributed by atoms with van der Waals surface area (Å²) in [6, 6.07) is 11.6. The van der Waals surface area contributed by atoms with Gasteiger partial charge in [0.05, 0.1) is 11.4 Å². The minimum absolute atomic E-state index is 0.0194. The Morgan fingerprint density at radius 2 is 1.45 bits per heavy atom. The molecule has 3 N–H and O–H groups in total. The molecule has 0 aromatic heterocycles. The first kappa shape index (κ1) is 24.4. The molecule has 2 aromatic rings. The van der Waals surface area contributed by atoms with E-state index in [1.165, 1.54) is 16.4 Å². The van der Waals surface area contributed by atoms with Crippen molar-refractivity contribution in [2.24, 2.45) is 0 Å². The van der Waals surface area contributed by atoms with Crippen LogP contribution in [0.1, 0.15) is 32.8 Å². The van der Waals surface area contributed by atoms with Crippen LogP contribution in [0.4, 0.5) is 17.1 Å². The minimum atomic E-state index is -3.53. The largest absolute Gasteiger partial charge is 0.376 e. The van der Waals surface area contributed by atoms with E-state index in [0.717, 1.165) is 11.3 Å². The molecular formula is C22H30N4O4S. The summed E-state index contributed by atoms with van der Waals surface area (Å²) in [7, 11) is -3.53. The first-order valence-electron chi connectivity index (χ1n) is 10.3. The van der Waals surface area contributed by atoms with Gasteiger partial charge in [-0.3, -0.25) is 9.59 Å². The van der Waals surface area contributed by atoms with Crippen LogP contribution in [-0.2, 0) is 19.6 Å². The zero-order valence-electron chi connectivity index (χ0n) is 18.4. The molecule has 0 saturated heterocycles. The average molecular weight is 447 g/mol. The van der Waals surface area contributed by atoms with E-state index in [-0.39, 0.29) is 23.3 Å². The van der Waals surface area contributed by atoms with Crippen molar-refractivity contribution < 1.29 is 18.0 Å². The molecule has 0 heterocycles. The van der Waals surface area contributed by atoms with Crippen molar-refractivity contribution in [2.45, 2.75) is 39.0 Å². The summed E-state index contributed by atoms with van der Waals surface area (Å²) in [5, 5.41) is 8.60. The van der Waals surface area contributed by atoms with Crippen molar-refractivity contribution in [3.8, 4) is 0 Å². The standard InChI is InChI=1S/C22H30N4O4S/c1-5-21(27)25-18-9-8-16(4)20(14-18)23-15-22(28)24-17-10-12-19(13-11-17)31(29,30)26(6-2)7-3/h8-14,23H,5-7,15H2,1-4H3,(H,24,28)(H,25,27). The van der Waals surface area contributed by atoms with E-state index in [4.69, 9.17) is 0 Å². The molecule has 0 spiro atoms. The van der Waals surface area contributed by atoms with Crippen molar-refractivity contribution in [3.05, 3.63) is 48.0 Å². The molecule has 0 atom stereocenters. The highest BCUT2D eigenvalue weighted by Gasteiger charge is 2.21. The normalized spacial score (nSPS) is 11.3. The number of sulfonamides is 1. The van der Waals surface area contributed by atoms with Crippen molar-refractivity contribution in [1.29, 1.82) is 0 Å². The Kier molecular flexibility index (Phi) is 8.58. The summed E-state index contributed by atoms with van der Waals surface area (Å²) in [6.07, 6.45) is 0.383.